The van der Waals surface area contributed by atoms with Crippen LogP contribution >= 0.6 is 12.4 Å². The molecule has 2 saturated carbocycles. The molecule has 2 fully saturated rings. The van der Waals surface area contributed by atoms with Crippen molar-refractivity contribution in [1.82, 2.24) is 10.6 Å². The number of halogens is 1. The summed E-state index contributed by atoms with van der Waals surface area (Å²) in [4.78, 5) is 11.7. The maximum absolute atomic E-state index is 11.7. The molecule has 0 unspecified atom stereocenters. The van der Waals surface area contributed by atoms with E-state index >= 15 is 0 Å². The van der Waals surface area contributed by atoms with E-state index in [1.807, 2.05) is 0 Å². The molecule has 0 aliphatic heterocycles. The van der Waals surface area contributed by atoms with Crippen LogP contribution in [0.25, 0.3) is 0 Å². The molecule has 112 valence electrons. The van der Waals surface area contributed by atoms with Gasteiger partial charge in [-0.25, -0.2) is 0 Å². The van der Waals surface area contributed by atoms with Crippen LogP contribution in [0, 0.1) is 11.8 Å². The molecule has 1 amide bonds. The van der Waals surface area contributed by atoms with Gasteiger partial charge in [-0.05, 0) is 56.9 Å². The van der Waals surface area contributed by atoms with Crippen molar-refractivity contribution in [3.8, 4) is 0 Å². The Morgan fingerprint density at radius 3 is 2.26 bits per heavy atom. The van der Waals surface area contributed by atoms with E-state index in [-0.39, 0.29) is 18.3 Å². The van der Waals surface area contributed by atoms with Gasteiger partial charge in [0.05, 0.1) is 6.54 Å². The Morgan fingerprint density at radius 2 is 1.68 bits per heavy atom. The zero-order valence-electron chi connectivity index (χ0n) is 12.1. The van der Waals surface area contributed by atoms with Gasteiger partial charge in [0.15, 0.2) is 0 Å². The molecule has 0 aromatic carbocycles. The third-order valence-corrected chi connectivity index (χ3v) is 4.32. The molecule has 0 heterocycles. The van der Waals surface area contributed by atoms with Gasteiger partial charge in [0.2, 0.25) is 5.91 Å². The molecule has 2 aliphatic carbocycles. The summed E-state index contributed by atoms with van der Waals surface area (Å²) in [5, 5.41) is 6.43. The number of carbonyl (C=O) groups excluding carboxylic acids is 1. The van der Waals surface area contributed by atoms with Crippen LogP contribution in [0.4, 0.5) is 0 Å². The standard InChI is InChI=1S/C15H28N2O.ClH/c1-2-3-12-6-8-14(9-7-12)17-15(18)11-16-10-13-4-5-13;/h12-14,16H,2-11H2,1H3,(H,17,18);1H. The summed E-state index contributed by atoms with van der Waals surface area (Å²) in [5.74, 6) is 1.95. The van der Waals surface area contributed by atoms with Crippen molar-refractivity contribution < 1.29 is 4.79 Å². The fourth-order valence-electron chi connectivity index (χ4n) is 2.99. The summed E-state index contributed by atoms with van der Waals surface area (Å²) in [7, 11) is 0. The molecule has 2 N–H and O–H groups in total. The average molecular weight is 289 g/mol. The molecule has 0 aromatic rings. The van der Waals surface area contributed by atoms with Gasteiger partial charge in [-0.3, -0.25) is 4.79 Å². The molecular formula is C15H29ClN2O. The molecule has 0 aromatic heterocycles. The van der Waals surface area contributed by atoms with Crippen molar-refractivity contribution in [3.63, 3.8) is 0 Å². The van der Waals surface area contributed by atoms with Gasteiger partial charge in [-0.1, -0.05) is 19.8 Å². The van der Waals surface area contributed by atoms with Gasteiger partial charge in [0.25, 0.3) is 0 Å². The largest absolute Gasteiger partial charge is 0.352 e. The first kappa shape index (κ1) is 16.8. The van der Waals surface area contributed by atoms with E-state index in [1.165, 1.54) is 51.4 Å². The summed E-state index contributed by atoms with van der Waals surface area (Å²) in [5.41, 5.74) is 0. The zero-order valence-corrected chi connectivity index (χ0v) is 12.9. The second kappa shape index (κ2) is 8.80. The lowest BCUT2D eigenvalue weighted by atomic mass is 9.83. The number of amides is 1. The Hall–Kier alpha value is -0.280. The minimum atomic E-state index is 0. The zero-order chi connectivity index (χ0) is 12.8. The minimum absolute atomic E-state index is 0. The summed E-state index contributed by atoms with van der Waals surface area (Å²) in [6.07, 6.45) is 10.3. The quantitative estimate of drug-likeness (QED) is 0.756. The van der Waals surface area contributed by atoms with Gasteiger partial charge in [0, 0.05) is 6.04 Å². The van der Waals surface area contributed by atoms with Crippen molar-refractivity contribution in [2.24, 2.45) is 11.8 Å². The first-order valence-electron chi connectivity index (χ1n) is 7.78. The SMILES string of the molecule is CCCC1CCC(NC(=O)CNCC2CC2)CC1.Cl. The van der Waals surface area contributed by atoms with Crippen LogP contribution in [0.5, 0.6) is 0 Å². The van der Waals surface area contributed by atoms with Crippen LogP contribution in [0.3, 0.4) is 0 Å². The summed E-state index contributed by atoms with van der Waals surface area (Å²) < 4.78 is 0. The predicted molar refractivity (Wildman–Crippen MR) is 81.6 cm³/mol. The second-order valence-corrected chi connectivity index (χ2v) is 6.15. The Balaban J connectivity index is 0.00000180. The molecule has 0 atom stereocenters. The Labute approximate surface area is 123 Å². The van der Waals surface area contributed by atoms with E-state index in [4.69, 9.17) is 0 Å². The molecule has 19 heavy (non-hydrogen) atoms. The molecule has 2 rings (SSSR count). The molecule has 3 nitrogen and oxygen atoms in total. The van der Waals surface area contributed by atoms with Crippen molar-refractivity contribution in [1.29, 1.82) is 0 Å². The van der Waals surface area contributed by atoms with Crippen molar-refractivity contribution >= 4 is 18.3 Å². The number of rotatable bonds is 7. The van der Waals surface area contributed by atoms with E-state index in [1.54, 1.807) is 0 Å². The minimum Gasteiger partial charge on any atom is -0.352 e. The summed E-state index contributed by atoms with van der Waals surface area (Å²) >= 11 is 0. The third kappa shape index (κ3) is 6.62. The highest BCUT2D eigenvalue weighted by Crippen LogP contribution is 2.28. The Bertz CT molecular complexity index is 261. The van der Waals surface area contributed by atoms with Gasteiger partial charge < -0.3 is 10.6 Å². The van der Waals surface area contributed by atoms with Crippen LogP contribution in [-0.4, -0.2) is 25.0 Å². The van der Waals surface area contributed by atoms with Crippen LogP contribution in [0.1, 0.15) is 58.3 Å². The molecule has 0 radical (unpaired) electrons. The van der Waals surface area contributed by atoms with Crippen molar-refractivity contribution in [3.05, 3.63) is 0 Å². The highest BCUT2D eigenvalue weighted by Gasteiger charge is 2.23. The highest BCUT2D eigenvalue weighted by atomic mass is 35.5. The summed E-state index contributed by atoms with van der Waals surface area (Å²) in [6.45, 7) is 3.79. The van der Waals surface area contributed by atoms with Gasteiger partial charge in [-0.15, -0.1) is 12.4 Å². The number of carbonyl (C=O) groups is 1. The highest BCUT2D eigenvalue weighted by molar-refractivity contribution is 5.85. The lowest BCUT2D eigenvalue weighted by Crippen LogP contribution is -2.42. The van der Waals surface area contributed by atoms with Crippen LogP contribution in [0.15, 0.2) is 0 Å². The number of hydrogen-bond acceptors (Lipinski definition) is 2. The third-order valence-electron chi connectivity index (χ3n) is 4.32. The van der Waals surface area contributed by atoms with Gasteiger partial charge in [-0.2, -0.15) is 0 Å². The molecule has 0 bridgehead atoms. The molecule has 2 aliphatic rings. The molecule has 0 saturated heterocycles. The fraction of sp³-hybridized carbons (Fsp3) is 0.933. The monoisotopic (exact) mass is 288 g/mol. The first-order valence-corrected chi connectivity index (χ1v) is 7.78. The molecule has 4 heteroatoms. The van der Waals surface area contributed by atoms with Crippen LogP contribution in [0.2, 0.25) is 0 Å². The topological polar surface area (TPSA) is 41.1 Å². The first-order chi connectivity index (χ1) is 8.78. The van der Waals surface area contributed by atoms with Crippen LogP contribution < -0.4 is 10.6 Å². The number of nitrogens with one attached hydrogen (secondary N) is 2. The van der Waals surface area contributed by atoms with E-state index in [2.05, 4.69) is 17.6 Å². The Kier molecular flexibility index (Phi) is 7.77. The summed E-state index contributed by atoms with van der Waals surface area (Å²) in [6, 6.07) is 0.438. The van der Waals surface area contributed by atoms with E-state index in [0.29, 0.717) is 12.6 Å². The predicted octanol–water partition coefficient (Wildman–Crippen LogP) is 2.88. The maximum atomic E-state index is 11.7. The Morgan fingerprint density at radius 1 is 1.05 bits per heavy atom. The van der Waals surface area contributed by atoms with Gasteiger partial charge >= 0.3 is 0 Å². The van der Waals surface area contributed by atoms with E-state index in [9.17, 15) is 4.79 Å². The lowest BCUT2D eigenvalue weighted by molar-refractivity contribution is -0.121. The van der Waals surface area contributed by atoms with Crippen molar-refractivity contribution in [2.75, 3.05) is 13.1 Å². The average Bonchev–Trinajstić information content (AvgIpc) is 3.16. The number of hydrogen-bond donors (Lipinski definition) is 2. The fourth-order valence-corrected chi connectivity index (χ4v) is 2.99. The van der Waals surface area contributed by atoms with E-state index < -0.39 is 0 Å². The second-order valence-electron chi connectivity index (χ2n) is 6.15. The van der Waals surface area contributed by atoms with Crippen molar-refractivity contribution in [2.45, 2.75) is 64.3 Å². The lowest BCUT2D eigenvalue weighted by Gasteiger charge is -2.29. The maximum Gasteiger partial charge on any atom is 0.234 e. The normalized spacial score (nSPS) is 26.6. The van der Waals surface area contributed by atoms with E-state index in [0.717, 1.165) is 18.4 Å². The van der Waals surface area contributed by atoms with Crippen LogP contribution in [-0.2, 0) is 4.79 Å². The molecule has 0 spiro atoms. The smallest absolute Gasteiger partial charge is 0.234 e. The van der Waals surface area contributed by atoms with Gasteiger partial charge in [0.1, 0.15) is 0 Å². The molecular weight excluding hydrogens is 260 g/mol.